The van der Waals surface area contributed by atoms with Gasteiger partial charge >= 0.3 is 5.97 Å². The van der Waals surface area contributed by atoms with Gasteiger partial charge in [-0.2, -0.15) is 0 Å². The van der Waals surface area contributed by atoms with Gasteiger partial charge < -0.3 is 10.0 Å². The van der Waals surface area contributed by atoms with Gasteiger partial charge in [-0.25, -0.2) is 0 Å². The molecule has 2 aliphatic rings. The summed E-state index contributed by atoms with van der Waals surface area (Å²) in [6, 6.07) is 8.38. The molecule has 0 bridgehead atoms. The van der Waals surface area contributed by atoms with Crippen molar-refractivity contribution >= 4 is 11.9 Å². The number of hydrogen-bond donors (Lipinski definition) is 1. The zero-order chi connectivity index (χ0) is 15.7. The molecule has 3 atom stereocenters. The zero-order valence-corrected chi connectivity index (χ0v) is 13.0. The maximum Gasteiger partial charge on any atom is 0.306 e. The molecule has 1 fully saturated rings. The molecule has 4 nitrogen and oxygen atoms in total. The summed E-state index contributed by atoms with van der Waals surface area (Å²) in [5, 5.41) is 9.21. The number of carboxylic acids is 1. The first kappa shape index (κ1) is 15.1. The lowest BCUT2D eigenvalue weighted by Gasteiger charge is -2.38. The number of aliphatic carboxylic acids is 1. The fourth-order valence-corrected chi connectivity index (χ4v) is 3.95. The molecule has 118 valence electrons. The van der Waals surface area contributed by atoms with Crippen molar-refractivity contribution in [1.82, 2.24) is 4.90 Å². The lowest BCUT2D eigenvalue weighted by Crippen LogP contribution is -2.43. The monoisotopic (exact) mass is 301 g/mol. The molecule has 1 heterocycles. The van der Waals surface area contributed by atoms with Crippen LogP contribution in [0.1, 0.15) is 49.8 Å². The number of fused-ring (bicyclic) bond motifs is 1. The molecule has 3 rings (SSSR count). The Morgan fingerprint density at radius 2 is 1.91 bits per heavy atom. The van der Waals surface area contributed by atoms with Crippen LogP contribution >= 0.6 is 0 Å². The molecule has 22 heavy (non-hydrogen) atoms. The van der Waals surface area contributed by atoms with Crippen molar-refractivity contribution < 1.29 is 14.7 Å². The van der Waals surface area contributed by atoms with Gasteiger partial charge in [0.05, 0.1) is 12.0 Å². The molecule has 1 aromatic rings. The van der Waals surface area contributed by atoms with E-state index >= 15 is 0 Å². The summed E-state index contributed by atoms with van der Waals surface area (Å²) in [4.78, 5) is 26.0. The van der Waals surface area contributed by atoms with Crippen molar-refractivity contribution in [3.8, 4) is 0 Å². The van der Waals surface area contributed by atoms with E-state index < -0.39 is 5.97 Å². The molecule has 1 saturated carbocycles. The summed E-state index contributed by atoms with van der Waals surface area (Å²) in [5.74, 6) is -1.08. The Balaban J connectivity index is 1.74. The predicted octanol–water partition coefficient (Wildman–Crippen LogP) is 3.02. The largest absolute Gasteiger partial charge is 0.481 e. The lowest BCUT2D eigenvalue weighted by atomic mass is 9.80. The average molecular weight is 301 g/mol. The maximum absolute atomic E-state index is 12.9. The first-order valence-corrected chi connectivity index (χ1v) is 8.19. The highest BCUT2D eigenvalue weighted by Crippen LogP contribution is 2.35. The number of rotatable bonds is 2. The minimum Gasteiger partial charge on any atom is -0.481 e. The van der Waals surface area contributed by atoms with E-state index in [9.17, 15) is 14.7 Å². The number of carboxylic acid groups (broad SMARTS) is 1. The summed E-state index contributed by atoms with van der Waals surface area (Å²) >= 11 is 0. The number of hydrogen-bond acceptors (Lipinski definition) is 2. The highest BCUT2D eigenvalue weighted by atomic mass is 16.4. The van der Waals surface area contributed by atoms with Crippen molar-refractivity contribution in [2.75, 3.05) is 6.54 Å². The quantitative estimate of drug-likeness (QED) is 0.913. The van der Waals surface area contributed by atoms with Gasteiger partial charge in [0.25, 0.3) is 0 Å². The average Bonchev–Trinajstić information content (AvgIpc) is 2.55. The topological polar surface area (TPSA) is 57.6 Å². The van der Waals surface area contributed by atoms with Gasteiger partial charge in [0.2, 0.25) is 5.91 Å². The van der Waals surface area contributed by atoms with E-state index in [-0.39, 0.29) is 23.8 Å². The van der Waals surface area contributed by atoms with E-state index in [1.165, 1.54) is 11.1 Å². The van der Waals surface area contributed by atoms with E-state index in [0.29, 0.717) is 12.8 Å². The first-order valence-electron chi connectivity index (χ1n) is 8.19. The van der Waals surface area contributed by atoms with Crippen LogP contribution in [0.2, 0.25) is 0 Å². The third-order valence-electron chi connectivity index (χ3n) is 5.25. The molecule has 3 unspecified atom stereocenters. The molecule has 1 aliphatic heterocycles. The van der Waals surface area contributed by atoms with Gasteiger partial charge in [0.1, 0.15) is 0 Å². The third kappa shape index (κ3) is 2.74. The van der Waals surface area contributed by atoms with E-state index in [1.807, 2.05) is 17.0 Å². The first-order chi connectivity index (χ1) is 10.6. The molecule has 1 N–H and O–H groups in total. The van der Waals surface area contributed by atoms with Crippen LogP contribution in [0.4, 0.5) is 0 Å². The standard InChI is InChI=1S/C18H23NO3/c1-12-16-8-3-2-5-13(16)9-10-19(12)17(20)14-6-4-7-15(11-14)18(21)22/h2-3,5,8,12,14-15H,4,6-7,9-11H2,1H3,(H,21,22). The second-order valence-corrected chi connectivity index (χ2v) is 6.56. The van der Waals surface area contributed by atoms with Gasteiger partial charge in [-0.3, -0.25) is 9.59 Å². The Hall–Kier alpha value is -1.84. The Bertz CT molecular complexity index is 583. The summed E-state index contributed by atoms with van der Waals surface area (Å²) < 4.78 is 0. The van der Waals surface area contributed by atoms with Crippen molar-refractivity contribution in [3.05, 3.63) is 35.4 Å². The predicted molar refractivity (Wildman–Crippen MR) is 83.4 cm³/mol. The van der Waals surface area contributed by atoms with Crippen molar-refractivity contribution in [1.29, 1.82) is 0 Å². The summed E-state index contributed by atoms with van der Waals surface area (Å²) in [6.45, 7) is 2.82. The second kappa shape index (κ2) is 6.11. The van der Waals surface area contributed by atoms with Crippen LogP contribution in [0, 0.1) is 11.8 Å². The minimum absolute atomic E-state index is 0.0858. The van der Waals surface area contributed by atoms with E-state index in [1.54, 1.807) is 0 Å². The van der Waals surface area contributed by atoms with Gasteiger partial charge in [0, 0.05) is 12.5 Å². The second-order valence-electron chi connectivity index (χ2n) is 6.56. The lowest BCUT2D eigenvalue weighted by molar-refractivity contribution is -0.146. The maximum atomic E-state index is 12.9. The Morgan fingerprint density at radius 1 is 1.18 bits per heavy atom. The van der Waals surface area contributed by atoms with Gasteiger partial charge in [-0.15, -0.1) is 0 Å². The van der Waals surface area contributed by atoms with E-state index in [2.05, 4.69) is 19.1 Å². The molecular formula is C18H23NO3. The van der Waals surface area contributed by atoms with Gasteiger partial charge in [-0.05, 0) is 43.7 Å². The molecule has 1 amide bonds. The summed E-state index contributed by atoms with van der Waals surface area (Å²) in [5.41, 5.74) is 2.55. The fraction of sp³-hybridized carbons (Fsp3) is 0.556. The smallest absolute Gasteiger partial charge is 0.306 e. The summed E-state index contributed by atoms with van der Waals surface area (Å²) in [6.07, 6.45) is 3.76. The van der Waals surface area contributed by atoms with Crippen molar-refractivity contribution in [3.63, 3.8) is 0 Å². The molecule has 0 spiro atoms. The molecule has 0 aromatic heterocycles. The van der Waals surface area contributed by atoms with Crippen LogP contribution in [-0.2, 0) is 16.0 Å². The van der Waals surface area contributed by atoms with E-state index in [4.69, 9.17) is 0 Å². The minimum atomic E-state index is -0.755. The fourth-order valence-electron chi connectivity index (χ4n) is 3.95. The number of benzene rings is 1. The molecular weight excluding hydrogens is 278 g/mol. The highest BCUT2D eigenvalue weighted by Gasteiger charge is 2.36. The van der Waals surface area contributed by atoms with E-state index in [0.717, 1.165) is 25.8 Å². The zero-order valence-electron chi connectivity index (χ0n) is 13.0. The van der Waals surface area contributed by atoms with Gasteiger partial charge in [-0.1, -0.05) is 30.7 Å². The van der Waals surface area contributed by atoms with Crippen LogP contribution in [0.3, 0.4) is 0 Å². The Kier molecular flexibility index (Phi) is 4.19. The van der Waals surface area contributed by atoms with Crippen LogP contribution in [0.15, 0.2) is 24.3 Å². The van der Waals surface area contributed by atoms with Crippen LogP contribution < -0.4 is 0 Å². The normalized spacial score (nSPS) is 28.0. The summed E-state index contributed by atoms with van der Waals surface area (Å²) in [7, 11) is 0. The van der Waals surface area contributed by atoms with Gasteiger partial charge in [0.15, 0.2) is 0 Å². The molecule has 0 radical (unpaired) electrons. The molecule has 4 heteroatoms. The Labute approximate surface area is 131 Å². The number of carbonyl (C=O) groups is 2. The number of nitrogens with zero attached hydrogens (tertiary/aromatic N) is 1. The molecule has 0 saturated heterocycles. The Morgan fingerprint density at radius 3 is 2.68 bits per heavy atom. The van der Waals surface area contributed by atoms with Crippen LogP contribution in [0.25, 0.3) is 0 Å². The molecule has 1 aliphatic carbocycles. The van der Waals surface area contributed by atoms with Crippen molar-refractivity contribution in [2.45, 2.75) is 45.1 Å². The van der Waals surface area contributed by atoms with Crippen LogP contribution in [0.5, 0.6) is 0 Å². The number of amides is 1. The number of carbonyl (C=O) groups excluding carboxylic acids is 1. The highest BCUT2D eigenvalue weighted by molar-refractivity contribution is 5.81. The third-order valence-corrected chi connectivity index (χ3v) is 5.25. The SMILES string of the molecule is CC1c2ccccc2CCN1C(=O)C1CCCC(C(=O)O)C1. The van der Waals surface area contributed by atoms with Crippen molar-refractivity contribution in [2.24, 2.45) is 11.8 Å². The van der Waals surface area contributed by atoms with Crippen LogP contribution in [-0.4, -0.2) is 28.4 Å². The molecule has 1 aromatic carbocycles.